The summed E-state index contributed by atoms with van der Waals surface area (Å²) < 4.78 is 5.05. The number of methoxy groups -OCH3 is 1. The standard InChI is InChI=1S/C15H21NO4/c1-3-4-14(17)13(15(18)19)9-10-16-11-5-7-12(20-2)8-6-11/h5-8,13,16H,3-4,9-10H2,1-2H3,(H,18,19). The first kappa shape index (κ1) is 16.0. The number of hydrogen-bond acceptors (Lipinski definition) is 4. The monoisotopic (exact) mass is 279 g/mol. The minimum absolute atomic E-state index is 0.198. The van der Waals surface area contributed by atoms with Crippen LogP contribution >= 0.6 is 0 Å². The molecule has 0 aliphatic carbocycles. The molecule has 0 aromatic heterocycles. The molecule has 1 atom stereocenters. The average Bonchev–Trinajstić information content (AvgIpc) is 2.44. The summed E-state index contributed by atoms with van der Waals surface area (Å²) in [7, 11) is 1.60. The molecule has 0 saturated heterocycles. The number of aliphatic carboxylic acids is 1. The topological polar surface area (TPSA) is 75.6 Å². The van der Waals surface area contributed by atoms with Crippen LogP contribution in [0.5, 0.6) is 5.75 Å². The van der Waals surface area contributed by atoms with E-state index in [4.69, 9.17) is 9.84 Å². The van der Waals surface area contributed by atoms with Gasteiger partial charge >= 0.3 is 5.97 Å². The Hall–Kier alpha value is -2.04. The number of carbonyl (C=O) groups is 2. The van der Waals surface area contributed by atoms with Gasteiger partial charge in [-0.2, -0.15) is 0 Å². The molecule has 1 aromatic carbocycles. The van der Waals surface area contributed by atoms with Crippen LogP contribution in [-0.2, 0) is 9.59 Å². The highest BCUT2D eigenvalue weighted by atomic mass is 16.5. The van der Waals surface area contributed by atoms with E-state index in [1.165, 1.54) is 0 Å². The highest BCUT2D eigenvalue weighted by Crippen LogP contribution is 2.16. The van der Waals surface area contributed by atoms with Crippen molar-refractivity contribution in [2.24, 2.45) is 5.92 Å². The smallest absolute Gasteiger partial charge is 0.314 e. The molecule has 0 aliphatic heterocycles. The molecule has 1 aromatic rings. The summed E-state index contributed by atoms with van der Waals surface area (Å²) in [5, 5.41) is 12.2. The van der Waals surface area contributed by atoms with E-state index in [0.29, 0.717) is 25.8 Å². The second-order valence-corrected chi connectivity index (χ2v) is 4.55. The highest BCUT2D eigenvalue weighted by Gasteiger charge is 2.24. The lowest BCUT2D eigenvalue weighted by Gasteiger charge is -2.12. The van der Waals surface area contributed by atoms with Gasteiger partial charge in [0.25, 0.3) is 0 Å². The number of carboxylic acid groups (broad SMARTS) is 1. The van der Waals surface area contributed by atoms with Gasteiger partial charge in [0.2, 0.25) is 0 Å². The van der Waals surface area contributed by atoms with Gasteiger partial charge < -0.3 is 15.2 Å². The Kier molecular flexibility index (Phi) is 6.56. The predicted molar refractivity (Wildman–Crippen MR) is 77.1 cm³/mol. The van der Waals surface area contributed by atoms with E-state index < -0.39 is 11.9 Å². The van der Waals surface area contributed by atoms with Crippen molar-refractivity contribution in [2.75, 3.05) is 19.0 Å². The van der Waals surface area contributed by atoms with Crippen LogP contribution in [0.2, 0.25) is 0 Å². The summed E-state index contributed by atoms with van der Waals surface area (Å²) in [4.78, 5) is 22.8. The molecule has 0 radical (unpaired) electrons. The third kappa shape index (κ3) is 4.91. The Labute approximate surface area is 118 Å². The Balaban J connectivity index is 2.47. The molecule has 5 heteroatoms. The van der Waals surface area contributed by atoms with Crippen molar-refractivity contribution >= 4 is 17.4 Å². The molecular weight excluding hydrogens is 258 g/mol. The second-order valence-electron chi connectivity index (χ2n) is 4.55. The van der Waals surface area contributed by atoms with Crippen molar-refractivity contribution in [3.05, 3.63) is 24.3 Å². The van der Waals surface area contributed by atoms with E-state index in [-0.39, 0.29) is 5.78 Å². The molecule has 1 rings (SSSR count). The van der Waals surface area contributed by atoms with Crippen LogP contribution in [0.1, 0.15) is 26.2 Å². The Bertz CT molecular complexity index is 442. The normalized spacial score (nSPS) is 11.7. The summed E-state index contributed by atoms with van der Waals surface area (Å²) in [6.07, 6.45) is 1.29. The fourth-order valence-corrected chi connectivity index (χ4v) is 1.91. The lowest BCUT2D eigenvalue weighted by Crippen LogP contribution is -2.26. The van der Waals surface area contributed by atoms with Gasteiger partial charge in [-0.1, -0.05) is 6.92 Å². The van der Waals surface area contributed by atoms with Crippen LogP contribution < -0.4 is 10.1 Å². The second kappa shape index (κ2) is 8.19. The highest BCUT2D eigenvalue weighted by molar-refractivity contribution is 5.98. The molecule has 0 spiro atoms. The maximum Gasteiger partial charge on any atom is 0.314 e. The largest absolute Gasteiger partial charge is 0.497 e. The van der Waals surface area contributed by atoms with E-state index >= 15 is 0 Å². The molecule has 1 unspecified atom stereocenters. The number of hydrogen-bond donors (Lipinski definition) is 2. The average molecular weight is 279 g/mol. The lowest BCUT2D eigenvalue weighted by atomic mass is 9.97. The summed E-state index contributed by atoms with van der Waals surface area (Å²) in [5.41, 5.74) is 0.873. The molecule has 0 saturated carbocycles. The van der Waals surface area contributed by atoms with E-state index in [0.717, 1.165) is 11.4 Å². The Morgan fingerprint density at radius 3 is 2.45 bits per heavy atom. The van der Waals surface area contributed by atoms with Gasteiger partial charge in [0.15, 0.2) is 0 Å². The number of rotatable bonds is 9. The van der Waals surface area contributed by atoms with Crippen molar-refractivity contribution in [3.8, 4) is 5.75 Å². The maximum atomic E-state index is 11.7. The van der Waals surface area contributed by atoms with Crippen LogP contribution in [0.3, 0.4) is 0 Å². The summed E-state index contributed by atoms with van der Waals surface area (Å²) in [6, 6.07) is 7.34. The molecule has 5 nitrogen and oxygen atoms in total. The maximum absolute atomic E-state index is 11.7. The van der Waals surface area contributed by atoms with Crippen LogP contribution in [0, 0.1) is 5.92 Å². The van der Waals surface area contributed by atoms with Crippen LogP contribution in [-0.4, -0.2) is 30.5 Å². The van der Waals surface area contributed by atoms with E-state index in [1.54, 1.807) is 7.11 Å². The zero-order valence-electron chi connectivity index (χ0n) is 11.9. The summed E-state index contributed by atoms with van der Waals surface area (Å²) in [5.74, 6) is -1.39. The van der Waals surface area contributed by atoms with Crippen molar-refractivity contribution in [1.82, 2.24) is 0 Å². The first-order valence-corrected chi connectivity index (χ1v) is 6.72. The van der Waals surface area contributed by atoms with Crippen LogP contribution in [0.25, 0.3) is 0 Å². The summed E-state index contributed by atoms with van der Waals surface area (Å²) >= 11 is 0. The van der Waals surface area contributed by atoms with Gasteiger partial charge in [-0.3, -0.25) is 9.59 Å². The van der Waals surface area contributed by atoms with Gasteiger partial charge in [-0.05, 0) is 37.1 Å². The van der Waals surface area contributed by atoms with Gasteiger partial charge in [-0.25, -0.2) is 0 Å². The molecule has 0 amide bonds. The predicted octanol–water partition coefficient (Wildman–Crippen LogP) is 2.57. The van der Waals surface area contributed by atoms with Crippen molar-refractivity contribution < 1.29 is 19.4 Å². The molecular formula is C15H21NO4. The van der Waals surface area contributed by atoms with Gasteiger partial charge in [0.05, 0.1) is 7.11 Å². The van der Waals surface area contributed by atoms with Crippen molar-refractivity contribution in [1.29, 1.82) is 0 Å². The number of benzene rings is 1. The van der Waals surface area contributed by atoms with E-state index in [1.807, 2.05) is 31.2 Å². The quantitative estimate of drug-likeness (QED) is 0.679. The minimum atomic E-state index is -1.04. The number of nitrogens with one attached hydrogen (secondary N) is 1. The first-order valence-electron chi connectivity index (χ1n) is 6.72. The fourth-order valence-electron chi connectivity index (χ4n) is 1.91. The number of Topliss-reactive ketones (excluding diaryl/α,β-unsaturated/α-hetero) is 1. The van der Waals surface area contributed by atoms with Gasteiger partial charge in [0.1, 0.15) is 17.5 Å². The Morgan fingerprint density at radius 1 is 1.30 bits per heavy atom. The van der Waals surface area contributed by atoms with Crippen LogP contribution in [0.15, 0.2) is 24.3 Å². The zero-order valence-corrected chi connectivity index (χ0v) is 11.9. The molecule has 20 heavy (non-hydrogen) atoms. The number of ketones is 1. The first-order chi connectivity index (χ1) is 9.58. The molecule has 2 N–H and O–H groups in total. The number of ether oxygens (including phenoxy) is 1. The molecule has 0 heterocycles. The minimum Gasteiger partial charge on any atom is -0.497 e. The molecule has 0 bridgehead atoms. The molecule has 0 aliphatic rings. The fraction of sp³-hybridized carbons (Fsp3) is 0.467. The van der Waals surface area contributed by atoms with Crippen molar-refractivity contribution in [2.45, 2.75) is 26.2 Å². The van der Waals surface area contributed by atoms with Gasteiger partial charge in [0, 0.05) is 18.7 Å². The van der Waals surface area contributed by atoms with E-state index in [9.17, 15) is 9.59 Å². The van der Waals surface area contributed by atoms with Crippen molar-refractivity contribution in [3.63, 3.8) is 0 Å². The summed E-state index contributed by atoms with van der Waals surface area (Å²) in [6.45, 7) is 2.31. The molecule has 110 valence electrons. The number of anilines is 1. The van der Waals surface area contributed by atoms with Crippen LogP contribution in [0.4, 0.5) is 5.69 Å². The Morgan fingerprint density at radius 2 is 1.95 bits per heavy atom. The third-order valence-electron chi connectivity index (χ3n) is 3.04. The third-order valence-corrected chi connectivity index (χ3v) is 3.04. The van der Waals surface area contributed by atoms with E-state index in [2.05, 4.69) is 5.32 Å². The SMILES string of the molecule is CCCC(=O)C(CCNc1ccc(OC)cc1)C(=O)O. The lowest BCUT2D eigenvalue weighted by molar-refractivity contribution is -0.146. The molecule has 0 fully saturated rings. The van der Waals surface area contributed by atoms with Gasteiger partial charge in [-0.15, -0.1) is 0 Å². The zero-order chi connectivity index (χ0) is 15.0. The number of carbonyl (C=O) groups excluding carboxylic acids is 1. The number of carboxylic acids is 1.